The number of aryl methyl sites for hydroxylation is 2. The van der Waals surface area contributed by atoms with Gasteiger partial charge in [-0.05, 0) is 38.7 Å². The number of nitrogens with zero attached hydrogens (tertiary/aromatic N) is 3. The summed E-state index contributed by atoms with van der Waals surface area (Å²) in [7, 11) is 0. The molecule has 1 aliphatic rings. The quantitative estimate of drug-likeness (QED) is 0.787. The van der Waals surface area contributed by atoms with E-state index in [-0.39, 0.29) is 5.56 Å². The molecule has 3 heterocycles. The highest BCUT2D eigenvalue weighted by Gasteiger charge is 2.22. The fourth-order valence-corrected chi connectivity index (χ4v) is 3.71. The van der Waals surface area contributed by atoms with Gasteiger partial charge in [0.2, 0.25) is 0 Å². The molecule has 3 aromatic rings. The first kappa shape index (κ1) is 15.0. The highest BCUT2D eigenvalue weighted by atomic mass is 16.1. The molecule has 5 heteroatoms. The summed E-state index contributed by atoms with van der Waals surface area (Å²) < 4.78 is 1.61. The first-order valence-corrected chi connectivity index (χ1v) is 8.59. The number of nitrogens with one attached hydrogen (secondary N) is 1. The van der Waals surface area contributed by atoms with Crippen LogP contribution in [0.2, 0.25) is 0 Å². The number of benzene rings is 1. The number of anilines is 1. The van der Waals surface area contributed by atoms with Gasteiger partial charge in [0.25, 0.3) is 5.56 Å². The van der Waals surface area contributed by atoms with Crippen molar-refractivity contribution in [3.05, 3.63) is 52.1 Å². The van der Waals surface area contributed by atoms with Crippen molar-refractivity contribution in [2.75, 3.05) is 18.0 Å². The molecule has 0 radical (unpaired) electrons. The van der Waals surface area contributed by atoms with Crippen molar-refractivity contribution in [2.45, 2.75) is 33.1 Å². The van der Waals surface area contributed by atoms with Crippen molar-refractivity contribution < 1.29 is 0 Å². The summed E-state index contributed by atoms with van der Waals surface area (Å²) in [6, 6.07) is 10.1. The van der Waals surface area contributed by atoms with Crippen LogP contribution >= 0.6 is 0 Å². The number of hydrogen-bond donors (Lipinski definition) is 1. The third-order valence-electron chi connectivity index (χ3n) is 4.85. The zero-order chi connectivity index (χ0) is 16.7. The van der Waals surface area contributed by atoms with Gasteiger partial charge in [0.1, 0.15) is 5.69 Å². The Morgan fingerprint density at radius 2 is 1.75 bits per heavy atom. The van der Waals surface area contributed by atoms with Gasteiger partial charge in [-0.3, -0.25) is 9.89 Å². The highest BCUT2D eigenvalue weighted by molar-refractivity contribution is 5.80. The van der Waals surface area contributed by atoms with E-state index in [1.165, 1.54) is 6.42 Å². The van der Waals surface area contributed by atoms with E-state index in [4.69, 9.17) is 4.98 Å². The van der Waals surface area contributed by atoms with Crippen LogP contribution in [-0.2, 0) is 0 Å². The predicted molar refractivity (Wildman–Crippen MR) is 96.8 cm³/mol. The van der Waals surface area contributed by atoms with Gasteiger partial charge in [0.05, 0.1) is 5.69 Å². The minimum Gasteiger partial charge on any atom is -0.366 e. The molecule has 0 spiro atoms. The Labute approximate surface area is 140 Å². The zero-order valence-electron chi connectivity index (χ0n) is 14.2. The molecule has 1 aromatic carbocycles. The van der Waals surface area contributed by atoms with Crippen LogP contribution in [-0.4, -0.2) is 27.7 Å². The average molecular weight is 322 g/mol. The Bertz CT molecular complexity index is 933. The summed E-state index contributed by atoms with van der Waals surface area (Å²) in [5.41, 5.74) is 5.31. The summed E-state index contributed by atoms with van der Waals surface area (Å²) in [6.45, 7) is 5.82. The lowest BCUT2D eigenvalue weighted by Crippen LogP contribution is -2.36. The highest BCUT2D eigenvalue weighted by Crippen LogP contribution is 2.28. The number of aromatic amines is 1. The maximum atomic E-state index is 13.1. The summed E-state index contributed by atoms with van der Waals surface area (Å²) in [5.74, 6) is 0. The van der Waals surface area contributed by atoms with Crippen LogP contribution in [0.25, 0.3) is 16.8 Å². The largest absolute Gasteiger partial charge is 0.366 e. The fourth-order valence-electron chi connectivity index (χ4n) is 3.71. The predicted octanol–water partition coefficient (Wildman–Crippen LogP) is 3.30. The number of hydrogen-bond acceptors (Lipinski definition) is 3. The van der Waals surface area contributed by atoms with Crippen molar-refractivity contribution in [1.29, 1.82) is 0 Å². The number of fused-ring (bicyclic) bond motifs is 1. The maximum Gasteiger partial charge on any atom is 0.296 e. The zero-order valence-corrected chi connectivity index (χ0v) is 14.2. The normalized spacial score (nSPS) is 15.2. The molecule has 0 amide bonds. The lowest BCUT2D eigenvalue weighted by atomic mass is 10.1. The SMILES string of the molecule is Cc1nc2c(-c3ccccc3)c(C)[nH]n2c(=O)c1N1CCCCC1. The number of rotatable bonds is 2. The summed E-state index contributed by atoms with van der Waals surface area (Å²) >= 11 is 0. The second-order valence-corrected chi connectivity index (χ2v) is 6.54. The van der Waals surface area contributed by atoms with Crippen LogP contribution < -0.4 is 10.5 Å². The fraction of sp³-hybridized carbons (Fsp3) is 0.368. The number of piperidine rings is 1. The van der Waals surface area contributed by atoms with Crippen molar-refractivity contribution in [3.63, 3.8) is 0 Å². The lowest BCUT2D eigenvalue weighted by Gasteiger charge is -2.28. The van der Waals surface area contributed by atoms with Gasteiger partial charge in [-0.25, -0.2) is 4.98 Å². The van der Waals surface area contributed by atoms with E-state index in [2.05, 4.69) is 22.1 Å². The third kappa shape index (κ3) is 2.31. The first-order chi connectivity index (χ1) is 11.7. The van der Waals surface area contributed by atoms with Crippen molar-refractivity contribution in [2.24, 2.45) is 0 Å². The molecule has 4 rings (SSSR count). The second kappa shape index (κ2) is 5.82. The van der Waals surface area contributed by atoms with E-state index in [9.17, 15) is 4.79 Å². The monoisotopic (exact) mass is 322 g/mol. The Morgan fingerprint density at radius 1 is 1.04 bits per heavy atom. The van der Waals surface area contributed by atoms with E-state index < -0.39 is 0 Å². The Kier molecular flexibility index (Phi) is 3.63. The van der Waals surface area contributed by atoms with Crippen LogP contribution in [0.1, 0.15) is 30.7 Å². The van der Waals surface area contributed by atoms with E-state index in [1.54, 1.807) is 4.52 Å². The minimum absolute atomic E-state index is 0.00433. The van der Waals surface area contributed by atoms with Gasteiger partial charge in [0.15, 0.2) is 5.65 Å². The molecule has 0 saturated carbocycles. The summed E-state index contributed by atoms with van der Waals surface area (Å²) in [4.78, 5) is 20.1. The van der Waals surface area contributed by atoms with Gasteiger partial charge in [-0.2, -0.15) is 4.52 Å². The molecule has 1 fully saturated rings. The van der Waals surface area contributed by atoms with Crippen molar-refractivity contribution in [1.82, 2.24) is 14.6 Å². The third-order valence-corrected chi connectivity index (χ3v) is 4.85. The maximum absolute atomic E-state index is 13.1. The first-order valence-electron chi connectivity index (χ1n) is 8.59. The van der Waals surface area contributed by atoms with Gasteiger partial charge in [-0.15, -0.1) is 0 Å². The van der Waals surface area contributed by atoms with E-state index >= 15 is 0 Å². The summed E-state index contributed by atoms with van der Waals surface area (Å²) in [6.07, 6.45) is 3.52. The van der Waals surface area contributed by atoms with Crippen LogP contribution in [0.3, 0.4) is 0 Å². The van der Waals surface area contributed by atoms with Gasteiger partial charge in [-0.1, -0.05) is 30.3 Å². The minimum atomic E-state index is 0.00433. The summed E-state index contributed by atoms with van der Waals surface area (Å²) in [5, 5.41) is 3.22. The van der Waals surface area contributed by atoms with E-state index in [0.29, 0.717) is 5.65 Å². The molecule has 5 nitrogen and oxygen atoms in total. The molecule has 24 heavy (non-hydrogen) atoms. The van der Waals surface area contributed by atoms with Crippen molar-refractivity contribution in [3.8, 4) is 11.1 Å². The Morgan fingerprint density at radius 3 is 2.46 bits per heavy atom. The molecule has 1 saturated heterocycles. The smallest absolute Gasteiger partial charge is 0.296 e. The molecule has 1 aliphatic heterocycles. The van der Waals surface area contributed by atoms with E-state index in [0.717, 1.165) is 54.1 Å². The topological polar surface area (TPSA) is 53.4 Å². The van der Waals surface area contributed by atoms with Gasteiger partial charge < -0.3 is 4.90 Å². The Balaban J connectivity index is 1.94. The number of aromatic nitrogens is 3. The average Bonchev–Trinajstić information content (AvgIpc) is 2.93. The van der Waals surface area contributed by atoms with Crippen LogP contribution in [0.5, 0.6) is 0 Å². The van der Waals surface area contributed by atoms with Gasteiger partial charge in [0, 0.05) is 24.3 Å². The molecule has 0 bridgehead atoms. The lowest BCUT2D eigenvalue weighted by molar-refractivity contribution is 0.573. The van der Waals surface area contributed by atoms with Crippen LogP contribution in [0.15, 0.2) is 35.1 Å². The Hall–Kier alpha value is -2.56. The van der Waals surface area contributed by atoms with E-state index in [1.807, 2.05) is 32.0 Å². The second-order valence-electron chi connectivity index (χ2n) is 6.54. The standard InChI is InChI=1S/C19H22N4O/c1-13-16(15-9-5-3-6-10-15)18-20-14(2)17(19(24)23(18)21-13)22-11-7-4-8-12-22/h3,5-6,9-10,21H,4,7-8,11-12H2,1-2H3. The molecule has 0 atom stereocenters. The molecular weight excluding hydrogens is 300 g/mol. The van der Waals surface area contributed by atoms with Crippen molar-refractivity contribution >= 4 is 11.3 Å². The molecule has 1 N–H and O–H groups in total. The van der Waals surface area contributed by atoms with Crippen LogP contribution in [0.4, 0.5) is 5.69 Å². The molecular formula is C19H22N4O. The molecule has 2 aromatic heterocycles. The van der Waals surface area contributed by atoms with Gasteiger partial charge >= 0.3 is 0 Å². The molecule has 0 aliphatic carbocycles. The molecule has 124 valence electrons. The van der Waals surface area contributed by atoms with Crippen LogP contribution in [0, 0.1) is 13.8 Å². The molecule has 0 unspecified atom stereocenters. The number of H-pyrrole nitrogens is 1.